The van der Waals surface area contributed by atoms with E-state index in [4.69, 9.17) is 15.2 Å². The van der Waals surface area contributed by atoms with Gasteiger partial charge in [-0.25, -0.2) is 0 Å². The van der Waals surface area contributed by atoms with Crippen LogP contribution in [0.15, 0.2) is 18.2 Å². The number of carbonyl (C=O) groups is 1. The first-order valence-corrected chi connectivity index (χ1v) is 7.34. The van der Waals surface area contributed by atoms with E-state index in [-0.39, 0.29) is 24.4 Å². The van der Waals surface area contributed by atoms with Gasteiger partial charge in [0.25, 0.3) is 5.91 Å². The molecule has 1 amide bonds. The summed E-state index contributed by atoms with van der Waals surface area (Å²) in [7, 11) is 3.16. The first-order chi connectivity index (χ1) is 10.1. The number of hydrogen-bond donors (Lipinski definition) is 1. The molecule has 2 unspecified atom stereocenters. The van der Waals surface area contributed by atoms with Crippen LogP contribution in [0.25, 0.3) is 0 Å². The molecule has 2 N–H and O–H groups in total. The number of hydrogen-bond acceptors (Lipinski definition) is 4. The highest BCUT2D eigenvalue weighted by atomic mass is 35.5. The van der Waals surface area contributed by atoms with Crippen molar-refractivity contribution in [2.24, 2.45) is 11.7 Å². The highest BCUT2D eigenvalue weighted by Crippen LogP contribution is 2.27. The summed E-state index contributed by atoms with van der Waals surface area (Å²) >= 11 is 0. The molecule has 1 aliphatic heterocycles. The van der Waals surface area contributed by atoms with E-state index in [9.17, 15) is 4.79 Å². The van der Waals surface area contributed by atoms with Crippen LogP contribution in [0, 0.1) is 5.92 Å². The average molecular weight is 329 g/mol. The molecule has 1 fully saturated rings. The van der Waals surface area contributed by atoms with E-state index in [1.807, 2.05) is 4.90 Å². The van der Waals surface area contributed by atoms with Gasteiger partial charge in [-0.2, -0.15) is 0 Å². The molecule has 5 nitrogen and oxygen atoms in total. The zero-order chi connectivity index (χ0) is 15.4. The van der Waals surface area contributed by atoms with Crippen LogP contribution in [-0.2, 0) is 0 Å². The molecule has 1 aliphatic rings. The Hall–Kier alpha value is -1.46. The number of benzene rings is 1. The molecule has 6 heteroatoms. The van der Waals surface area contributed by atoms with Gasteiger partial charge in [0.2, 0.25) is 0 Å². The second-order valence-electron chi connectivity index (χ2n) is 5.52. The first-order valence-electron chi connectivity index (χ1n) is 7.34. The number of nitrogens with two attached hydrogens (primary N) is 1. The summed E-state index contributed by atoms with van der Waals surface area (Å²) in [4.78, 5) is 14.7. The lowest BCUT2D eigenvalue weighted by Crippen LogP contribution is -2.51. The zero-order valence-corrected chi connectivity index (χ0v) is 14.2. The highest BCUT2D eigenvalue weighted by Gasteiger charge is 2.31. The van der Waals surface area contributed by atoms with Gasteiger partial charge in [0, 0.05) is 30.8 Å². The van der Waals surface area contributed by atoms with Crippen LogP contribution >= 0.6 is 12.4 Å². The number of rotatable bonds is 4. The Morgan fingerprint density at radius 2 is 1.86 bits per heavy atom. The Morgan fingerprint density at radius 1 is 1.27 bits per heavy atom. The molecule has 0 saturated carbocycles. The summed E-state index contributed by atoms with van der Waals surface area (Å²) < 4.78 is 10.5. The molecule has 1 heterocycles. The van der Waals surface area contributed by atoms with Gasteiger partial charge >= 0.3 is 0 Å². The zero-order valence-electron chi connectivity index (χ0n) is 13.4. The minimum atomic E-state index is -0.00537. The van der Waals surface area contributed by atoms with E-state index < -0.39 is 0 Å². The van der Waals surface area contributed by atoms with Crippen molar-refractivity contribution in [3.63, 3.8) is 0 Å². The maximum absolute atomic E-state index is 12.8. The quantitative estimate of drug-likeness (QED) is 0.921. The molecule has 2 rings (SSSR count). The fourth-order valence-corrected chi connectivity index (χ4v) is 2.96. The first kappa shape index (κ1) is 18.6. The van der Waals surface area contributed by atoms with Crippen LogP contribution < -0.4 is 15.2 Å². The summed E-state index contributed by atoms with van der Waals surface area (Å²) in [5, 5.41) is 0. The maximum Gasteiger partial charge on any atom is 0.254 e. The lowest BCUT2D eigenvalue weighted by atomic mass is 9.90. The van der Waals surface area contributed by atoms with E-state index >= 15 is 0 Å². The molecular formula is C16H25ClN2O3. The van der Waals surface area contributed by atoms with Crippen molar-refractivity contribution < 1.29 is 14.3 Å². The third-order valence-corrected chi connectivity index (χ3v) is 4.22. The highest BCUT2D eigenvalue weighted by molar-refractivity contribution is 5.95. The number of piperidine rings is 1. The van der Waals surface area contributed by atoms with Crippen LogP contribution in [-0.4, -0.2) is 44.2 Å². The van der Waals surface area contributed by atoms with Crippen LogP contribution in [0.1, 0.15) is 30.1 Å². The predicted molar refractivity (Wildman–Crippen MR) is 89.1 cm³/mol. The molecule has 0 spiro atoms. The molecule has 0 aromatic heterocycles. The lowest BCUT2D eigenvalue weighted by Gasteiger charge is -2.39. The van der Waals surface area contributed by atoms with E-state index in [2.05, 4.69) is 6.92 Å². The predicted octanol–water partition coefficient (Wildman–Crippen LogP) is 2.32. The van der Waals surface area contributed by atoms with Crippen LogP contribution in [0.2, 0.25) is 0 Å². The molecule has 2 atom stereocenters. The van der Waals surface area contributed by atoms with Gasteiger partial charge in [0.1, 0.15) is 11.5 Å². The third kappa shape index (κ3) is 3.84. The minimum Gasteiger partial charge on any atom is -0.497 e. The molecule has 0 radical (unpaired) electrons. The number of halogens is 1. The Labute approximate surface area is 138 Å². The summed E-state index contributed by atoms with van der Waals surface area (Å²) in [5.74, 6) is 1.66. The molecular weight excluding hydrogens is 304 g/mol. The standard InChI is InChI=1S/C16H24N2O3.ClH/c1-11-5-4-6-18(15(11)10-17)16(19)12-7-13(20-2)9-14(8-12)21-3;/h7-9,11,15H,4-6,10,17H2,1-3H3;1H. The summed E-state index contributed by atoms with van der Waals surface area (Å²) in [6, 6.07) is 5.36. The Bertz CT molecular complexity index is 488. The third-order valence-electron chi connectivity index (χ3n) is 4.22. The minimum absolute atomic E-state index is 0. The lowest BCUT2D eigenvalue weighted by molar-refractivity contribution is 0.0532. The molecule has 0 aliphatic carbocycles. The molecule has 1 aromatic carbocycles. The molecule has 1 saturated heterocycles. The topological polar surface area (TPSA) is 64.8 Å². The normalized spacial score (nSPS) is 21.0. The second kappa shape index (κ2) is 8.25. The fourth-order valence-electron chi connectivity index (χ4n) is 2.96. The Balaban J connectivity index is 0.00000242. The summed E-state index contributed by atoms with van der Waals surface area (Å²) in [6.45, 7) is 3.40. The largest absolute Gasteiger partial charge is 0.497 e. The van der Waals surface area contributed by atoms with Crippen molar-refractivity contribution in [3.8, 4) is 11.5 Å². The van der Waals surface area contributed by atoms with E-state index in [1.54, 1.807) is 32.4 Å². The van der Waals surface area contributed by atoms with E-state index in [0.717, 1.165) is 19.4 Å². The average Bonchev–Trinajstić information content (AvgIpc) is 2.53. The number of amides is 1. The Morgan fingerprint density at radius 3 is 2.36 bits per heavy atom. The second-order valence-corrected chi connectivity index (χ2v) is 5.52. The van der Waals surface area contributed by atoms with Crippen molar-refractivity contribution in [1.82, 2.24) is 4.90 Å². The smallest absolute Gasteiger partial charge is 0.254 e. The molecule has 1 aromatic rings. The number of nitrogens with zero attached hydrogens (tertiary/aromatic N) is 1. The SMILES string of the molecule is COc1cc(OC)cc(C(=O)N2CCCC(C)C2CN)c1.Cl. The number of carbonyl (C=O) groups excluding carboxylic acids is 1. The van der Waals surface area contributed by atoms with Gasteiger partial charge in [-0.15, -0.1) is 12.4 Å². The van der Waals surface area contributed by atoms with Crippen LogP contribution in [0.4, 0.5) is 0 Å². The molecule has 124 valence electrons. The van der Waals surface area contributed by atoms with Gasteiger partial charge in [-0.05, 0) is 30.9 Å². The van der Waals surface area contributed by atoms with Crippen LogP contribution in [0.3, 0.4) is 0 Å². The van der Waals surface area contributed by atoms with Crippen molar-refractivity contribution in [1.29, 1.82) is 0 Å². The van der Waals surface area contributed by atoms with Gasteiger partial charge in [-0.3, -0.25) is 4.79 Å². The van der Waals surface area contributed by atoms with Crippen molar-refractivity contribution in [2.75, 3.05) is 27.3 Å². The number of methoxy groups -OCH3 is 2. The number of ether oxygens (including phenoxy) is 2. The fraction of sp³-hybridized carbons (Fsp3) is 0.562. The number of likely N-dealkylation sites (tertiary alicyclic amines) is 1. The van der Waals surface area contributed by atoms with E-state index in [0.29, 0.717) is 29.5 Å². The summed E-state index contributed by atoms with van der Waals surface area (Å²) in [5.41, 5.74) is 6.45. The molecule has 22 heavy (non-hydrogen) atoms. The monoisotopic (exact) mass is 328 g/mol. The molecule has 0 bridgehead atoms. The van der Waals surface area contributed by atoms with Gasteiger partial charge in [-0.1, -0.05) is 6.92 Å². The van der Waals surface area contributed by atoms with Gasteiger partial charge in [0.15, 0.2) is 0 Å². The van der Waals surface area contributed by atoms with Gasteiger partial charge in [0.05, 0.1) is 14.2 Å². The summed E-state index contributed by atoms with van der Waals surface area (Å²) in [6.07, 6.45) is 2.14. The van der Waals surface area contributed by atoms with Crippen molar-refractivity contribution in [2.45, 2.75) is 25.8 Å². The van der Waals surface area contributed by atoms with Crippen molar-refractivity contribution in [3.05, 3.63) is 23.8 Å². The van der Waals surface area contributed by atoms with Crippen LogP contribution in [0.5, 0.6) is 11.5 Å². The maximum atomic E-state index is 12.8. The van der Waals surface area contributed by atoms with Crippen molar-refractivity contribution >= 4 is 18.3 Å². The van der Waals surface area contributed by atoms with Gasteiger partial charge < -0.3 is 20.1 Å². The van der Waals surface area contributed by atoms with E-state index in [1.165, 1.54) is 0 Å². The Kier molecular flexibility index (Phi) is 6.97.